The van der Waals surface area contributed by atoms with Gasteiger partial charge in [-0.1, -0.05) is 31.0 Å². The Bertz CT molecular complexity index is 604. The van der Waals surface area contributed by atoms with E-state index in [2.05, 4.69) is 31.3 Å². The average molecular weight is 287 g/mol. The first-order chi connectivity index (χ1) is 10.2. The largest absolute Gasteiger partial charge is 0.459 e. The van der Waals surface area contributed by atoms with Crippen LogP contribution in [0.2, 0.25) is 0 Å². The van der Waals surface area contributed by atoms with Crippen LogP contribution in [-0.4, -0.2) is 17.8 Å². The summed E-state index contributed by atoms with van der Waals surface area (Å²) in [4.78, 5) is 0. The first-order valence-corrected chi connectivity index (χ1v) is 8.05. The molecule has 21 heavy (non-hydrogen) atoms. The molecule has 114 valence electrons. The number of para-hydroxylation sites is 1. The van der Waals surface area contributed by atoms with E-state index in [4.69, 9.17) is 4.42 Å². The summed E-state index contributed by atoms with van der Waals surface area (Å²) in [6.45, 7) is 4.57. The van der Waals surface area contributed by atoms with Crippen molar-refractivity contribution in [3.63, 3.8) is 0 Å². The maximum atomic E-state index is 9.55. The molecule has 2 N–H and O–H groups in total. The molecule has 3 rings (SSSR count). The van der Waals surface area contributed by atoms with Gasteiger partial charge in [-0.05, 0) is 44.2 Å². The lowest BCUT2D eigenvalue weighted by molar-refractivity contribution is 0.145. The molecule has 3 atom stereocenters. The van der Waals surface area contributed by atoms with Crippen molar-refractivity contribution in [2.45, 2.75) is 51.6 Å². The van der Waals surface area contributed by atoms with Crippen LogP contribution in [0.4, 0.5) is 0 Å². The summed E-state index contributed by atoms with van der Waals surface area (Å²) in [5, 5.41) is 14.4. The Morgan fingerprint density at radius 2 is 2.05 bits per heavy atom. The second kappa shape index (κ2) is 6.20. The molecule has 1 aliphatic rings. The minimum Gasteiger partial charge on any atom is -0.459 e. The van der Waals surface area contributed by atoms with Crippen molar-refractivity contribution in [1.82, 2.24) is 5.32 Å². The number of aryl methyl sites for hydroxylation is 1. The quantitative estimate of drug-likeness (QED) is 0.895. The molecular formula is C18H25NO2. The molecule has 1 saturated carbocycles. The summed E-state index contributed by atoms with van der Waals surface area (Å²) < 4.78 is 6.05. The van der Waals surface area contributed by atoms with Crippen molar-refractivity contribution in [3.8, 4) is 0 Å². The summed E-state index contributed by atoms with van der Waals surface area (Å²) in [5.74, 6) is 1.41. The fourth-order valence-corrected chi connectivity index (χ4v) is 3.65. The third-order valence-electron chi connectivity index (χ3n) is 4.88. The topological polar surface area (TPSA) is 45.4 Å². The van der Waals surface area contributed by atoms with E-state index in [1.807, 2.05) is 12.1 Å². The molecule has 3 nitrogen and oxygen atoms in total. The van der Waals surface area contributed by atoms with Crippen molar-refractivity contribution < 1.29 is 9.52 Å². The minimum atomic E-state index is 0.176. The van der Waals surface area contributed by atoms with Crippen molar-refractivity contribution in [1.29, 1.82) is 0 Å². The van der Waals surface area contributed by atoms with Gasteiger partial charge in [-0.25, -0.2) is 0 Å². The SMILES string of the molecule is Cc1c(C(C)NC2CCCCC2CO)oc2ccccc12. The summed E-state index contributed by atoms with van der Waals surface area (Å²) in [7, 11) is 0. The molecular weight excluding hydrogens is 262 g/mol. The van der Waals surface area contributed by atoms with Crippen LogP contribution in [0.15, 0.2) is 28.7 Å². The predicted octanol–water partition coefficient (Wildman–Crippen LogP) is 3.94. The van der Waals surface area contributed by atoms with Crippen LogP contribution in [0, 0.1) is 12.8 Å². The van der Waals surface area contributed by atoms with Gasteiger partial charge in [0.1, 0.15) is 11.3 Å². The van der Waals surface area contributed by atoms with Gasteiger partial charge in [0.15, 0.2) is 0 Å². The zero-order valence-corrected chi connectivity index (χ0v) is 12.9. The van der Waals surface area contributed by atoms with Gasteiger partial charge in [-0.2, -0.15) is 0 Å². The normalized spacial score (nSPS) is 24.3. The van der Waals surface area contributed by atoms with Crippen LogP contribution in [0.1, 0.15) is 50.0 Å². The van der Waals surface area contributed by atoms with Crippen molar-refractivity contribution >= 4 is 11.0 Å². The average Bonchev–Trinajstić information content (AvgIpc) is 2.85. The van der Waals surface area contributed by atoms with E-state index >= 15 is 0 Å². The molecule has 1 aromatic carbocycles. The fraction of sp³-hybridized carbons (Fsp3) is 0.556. The summed E-state index contributed by atoms with van der Waals surface area (Å²) in [5.41, 5.74) is 2.18. The molecule has 1 aliphatic carbocycles. The van der Waals surface area contributed by atoms with Gasteiger partial charge >= 0.3 is 0 Å². The summed E-state index contributed by atoms with van der Waals surface area (Å²) >= 11 is 0. The lowest BCUT2D eigenvalue weighted by Gasteiger charge is -2.33. The van der Waals surface area contributed by atoms with Crippen LogP contribution in [-0.2, 0) is 0 Å². The van der Waals surface area contributed by atoms with Gasteiger partial charge in [-0.3, -0.25) is 0 Å². The maximum Gasteiger partial charge on any atom is 0.134 e. The van der Waals surface area contributed by atoms with Gasteiger partial charge in [0, 0.05) is 18.0 Å². The molecule has 1 aromatic heterocycles. The van der Waals surface area contributed by atoms with E-state index in [0.717, 1.165) is 24.2 Å². The number of hydrogen-bond donors (Lipinski definition) is 2. The number of fused-ring (bicyclic) bond motifs is 1. The van der Waals surface area contributed by atoms with Crippen LogP contribution in [0.25, 0.3) is 11.0 Å². The van der Waals surface area contributed by atoms with Crippen molar-refractivity contribution in [3.05, 3.63) is 35.6 Å². The van der Waals surface area contributed by atoms with Crippen LogP contribution in [0.3, 0.4) is 0 Å². The smallest absolute Gasteiger partial charge is 0.134 e. The Morgan fingerprint density at radius 3 is 2.81 bits per heavy atom. The first kappa shape index (κ1) is 14.6. The van der Waals surface area contributed by atoms with Crippen LogP contribution < -0.4 is 5.32 Å². The van der Waals surface area contributed by atoms with Gasteiger partial charge in [0.05, 0.1) is 6.04 Å². The van der Waals surface area contributed by atoms with E-state index in [-0.39, 0.29) is 12.6 Å². The number of furan rings is 1. The molecule has 0 saturated heterocycles. The molecule has 3 unspecified atom stereocenters. The summed E-state index contributed by atoms with van der Waals surface area (Å²) in [6, 6.07) is 8.77. The number of nitrogens with one attached hydrogen (secondary N) is 1. The van der Waals surface area contributed by atoms with E-state index in [1.165, 1.54) is 23.8 Å². The Balaban J connectivity index is 1.80. The highest BCUT2D eigenvalue weighted by Crippen LogP contribution is 2.31. The zero-order valence-electron chi connectivity index (χ0n) is 12.9. The molecule has 3 heteroatoms. The number of rotatable bonds is 4. The van der Waals surface area contributed by atoms with E-state index in [9.17, 15) is 5.11 Å². The number of aliphatic hydroxyl groups excluding tert-OH is 1. The van der Waals surface area contributed by atoms with E-state index in [1.54, 1.807) is 0 Å². The Labute approximate surface area is 126 Å². The first-order valence-electron chi connectivity index (χ1n) is 8.05. The van der Waals surface area contributed by atoms with Crippen LogP contribution in [0.5, 0.6) is 0 Å². The number of aliphatic hydroxyl groups is 1. The number of hydrogen-bond acceptors (Lipinski definition) is 3. The highest BCUT2D eigenvalue weighted by molar-refractivity contribution is 5.82. The lowest BCUT2D eigenvalue weighted by atomic mass is 9.84. The van der Waals surface area contributed by atoms with Gasteiger partial charge in [0.2, 0.25) is 0 Å². The standard InChI is InChI=1S/C18H25NO2/c1-12-15-8-4-6-10-17(15)21-18(12)13(2)19-16-9-5-3-7-14(16)11-20/h4,6,8,10,13-14,16,19-20H,3,5,7,9,11H2,1-2H3. The molecule has 0 radical (unpaired) electrons. The van der Waals surface area contributed by atoms with E-state index in [0.29, 0.717) is 12.0 Å². The Hall–Kier alpha value is -1.32. The predicted molar refractivity (Wildman–Crippen MR) is 85.3 cm³/mol. The number of benzene rings is 1. The fourth-order valence-electron chi connectivity index (χ4n) is 3.65. The zero-order chi connectivity index (χ0) is 14.8. The van der Waals surface area contributed by atoms with Gasteiger partial charge < -0.3 is 14.8 Å². The minimum absolute atomic E-state index is 0.176. The lowest BCUT2D eigenvalue weighted by Crippen LogP contribution is -2.41. The Kier molecular flexibility index (Phi) is 4.32. The third-order valence-corrected chi connectivity index (χ3v) is 4.88. The molecule has 0 aliphatic heterocycles. The second-order valence-corrected chi connectivity index (χ2v) is 6.31. The molecule has 0 amide bonds. The highest BCUT2D eigenvalue weighted by Gasteiger charge is 2.27. The highest BCUT2D eigenvalue weighted by atomic mass is 16.3. The third kappa shape index (κ3) is 2.85. The maximum absolute atomic E-state index is 9.55. The van der Waals surface area contributed by atoms with Crippen LogP contribution >= 0.6 is 0 Å². The van der Waals surface area contributed by atoms with Crippen molar-refractivity contribution in [2.75, 3.05) is 6.61 Å². The molecule has 1 heterocycles. The molecule has 1 fully saturated rings. The van der Waals surface area contributed by atoms with E-state index < -0.39 is 0 Å². The molecule has 0 bridgehead atoms. The molecule has 2 aromatic rings. The molecule has 0 spiro atoms. The Morgan fingerprint density at radius 1 is 1.29 bits per heavy atom. The van der Waals surface area contributed by atoms with Gasteiger partial charge in [-0.15, -0.1) is 0 Å². The van der Waals surface area contributed by atoms with Crippen molar-refractivity contribution in [2.24, 2.45) is 5.92 Å². The second-order valence-electron chi connectivity index (χ2n) is 6.31. The van der Waals surface area contributed by atoms with Gasteiger partial charge in [0.25, 0.3) is 0 Å². The monoisotopic (exact) mass is 287 g/mol. The summed E-state index contributed by atoms with van der Waals surface area (Å²) in [6.07, 6.45) is 4.76.